The fourth-order valence-corrected chi connectivity index (χ4v) is 2.99. The largest absolute Gasteiger partial charge is 0.478 e. The van der Waals surface area contributed by atoms with E-state index in [0.717, 1.165) is 48.9 Å². The zero-order chi connectivity index (χ0) is 13.4. The zero-order valence-corrected chi connectivity index (χ0v) is 11.2. The molecule has 0 saturated heterocycles. The van der Waals surface area contributed by atoms with Crippen molar-refractivity contribution >= 4 is 28.5 Å². The smallest absolute Gasteiger partial charge is 0.336 e. The van der Waals surface area contributed by atoms with Gasteiger partial charge in [-0.1, -0.05) is 18.0 Å². The van der Waals surface area contributed by atoms with Gasteiger partial charge in [-0.2, -0.15) is 0 Å². The normalized spacial score (nSPS) is 15.0. The molecule has 0 saturated carbocycles. The zero-order valence-electron chi connectivity index (χ0n) is 10.4. The third-order valence-electron chi connectivity index (χ3n) is 3.69. The summed E-state index contributed by atoms with van der Waals surface area (Å²) in [5.74, 6) is -0.882. The van der Waals surface area contributed by atoms with Crippen LogP contribution in [0.4, 0.5) is 0 Å². The molecule has 19 heavy (non-hydrogen) atoms. The maximum Gasteiger partial charge on any atom is 0.336 e. The minimum Gasteiger partial charge on any atom is -0.478 e. The number of aromatic carboxylic acids is 1. The third-order valence-corrected chi connectivity index (χ3v) is 3.92. The summed E-state index contributed by atoms with van der Waals surface area (Å²) in [5.41, 5.74) is 2.97. The Hall–Kier alpha value is -1.61. The van der Waals surface area contributed by atoms with Crippen molar-refractivity contribution in [1.82, 2.24) is 4.98 Å². The molecule has 2 aromatic rings. The fraction of sp³-hybridized carbons (Fsp3) is 0.333. The number of carboxylic acid groups (broad SMARTS) is 1. The van der Waals surface area contributed by atoms with Crippen molar-refractivity contribution in [2.45, 2.75) is 32.1 Å². The topological polar surface area (TPSA) is 50.2 Å². The van der Waals surface area contributed by atoms with Crippen LogP contribution < -0.4 is 0 Å². The second-order valence-corrected chi connectivity index (χ2v) is 5.38. The Morgan fingerprint density at radius 1 is 1.21 bits per heavy atom. The molecule has 3 nitrogen and oxygen atoms in total. The highest BCUT2D eigenvalue weighted by Crippen LogP contribution is 2.30. The quantitative estimate of drug-likeness (QED) is 0.804. The molecule has 1 aliphatic carbocycles. The van der Waals surface area contributed by atoms with Gasteiger partial charge in [-0.25, -0.2) is 4.79 Å². The van der Waals surface area contributed by atoms with Gasteiger partial charge in [0.15, 0.2) is 0 Å². The van der Waals surface area contributed by atoms with Gasteiger partial charge in [0.1, 0.15) is 0 Å². The van der Waals surface area contributed by atoms with E-state index in [1.165, 1.54) is 0 Å². The summed E-state index contributed by atoms with van der Waals surface area (Å²) < 4.78 is 0. The molecule has 1 aromatic heterocycles. The van der Waals surface area contributed by atoms with Crippen LogP contribution in [0.2, 0.25) is 5.02 Å². The number of benzene rings is 1. The van der Waals surface area contributed by atoms with Crippen molar-refractivity contribution in [3.63, 3.8) is 0 Å². The molecule has 0 atom stereocenters. The van der Waals surface area contributed by atoms with Crippen LogP contribution in [-0.2, 0) is 12.8 Å². The van der Waals surface area contributed by atoms with Crippen LogP contribution in [-0.4, -0.2) is 16.1 Å². The Morgan fingerprint density at radius 2 is 2.00 bits per heavy atom. The standard InChI is InChI=1S/C15H14ClNO2/c16-9-6-7-13-11(8-9)14(15(18)19)10-4-2-1-3-5-12(10)17-13/h6-8H,1-5H2,(H,18,19). The Kier molecular flexibility index (Phi) is 3.15. The summed E-state index contributed by atoms with van der Waals surface area (Å²) >= 11 is 5.99. The predicted molar refractivity (Wildman–Crippen MR) is 75.0 cm³/mol. The van der Waals surface area contributed by atoms with Crippen LogP contribution >= 0.6 is 11.6 Å². The molecule has 1 aliphatic rings. The Balaban J connectivity index is 2.37. The molecule has 0 unspecified atom stereocenters. The number of hydrogen-bond acceptors (Lipinski definition) is 2. The SMILES string of the molecule is O=C(O)c1c2c(nc3ccc(Cl)cc13)CCCCC2. The van der Waals surface area contributed by atoms with Gasteiger partial charge in [0.05, 0.1) is 11.1 Å². The summed E-state index contributed by atoms with van der Waals surface area (Å²) in [6.07, 6.45) is 4.91. The molecule has 0 spiro atoms. The van der Waals surface area contributed by atoms with E-state index < -0.39 is 5.97 Å². The number of nitrogens with zero attached hydrogens (tertiary/aromatic N) is 1. The van der Waals surface area contributed by atoms with Crippen LogP contribution in [0, 0.1) is 0 Å². The Morgan fingerprint density at radius 3 is 2.79 bits per heavy atom. The molecule has 4 heteroatoms. The molecule has 0 bridgehead atoms. The lowest BCUT2D eigenvalue weighted by Crippen LogP contribution is -2.08. The van der Waals surface area contributed by atoms with Crippen LogP contribution in [0.1, 0.15) is 40.9 Å². The number of pyridine rings is 1. The number of aromatic nitrogens is 1. The molecule has 1 N–H and O–H groups in total. The highest BCUT2D eigenvalue weighted by molar-refractivity contribution is 6.31. The summed E-state index contributed by atoms with van der Waals surface area (Å²) in [6.45, 7) is 0. The lowest BCUT2D eigenvalue weighted by molar-refractivity contribution is 0.0697. The molecule has 0 radical (unpaired) electrons. The fourth-order valence-electron chi connectivity index (χ4n) is 2.82. The first kappa shape index (κ1) is 12.4. The highest BCUT2D eigenvalue weighted by atomic mass is 35.5. The van der Waals surface area contributed by atoms with E-state index in [2.05, 4.69) is 4.98 Å². The molecule has 98 valence electrons. The van der Waals surface area contributed by atoms with Crippen LogP contribution in [0.25, 0.3) is 10.9 Å². The van der Waals surface area contributed by atoms with Gasteiger partial charge in [-0.15, -0.1) is 0 Å². The van der Waals surface area contributed by atoms with Gasteiger partial charge >= 0.3 is 5.97 Å². The van der Waals surface area contributed by atoms with E-state index in [9.17, 15) is 9.90 Å². The average molecular weight is 276 g/mol. The number of carbonyl (C=O) groups is 1. The van der Waals surface area contributed by atoms with E-state index in [4.69, 9.17) is 11.6 Å². The van der Waals surface area contributed by atoms with E-state index in [1.807, 2.05) is 0 Å². The average Bonchev–Trinajstić information content (AvgIpc) is 2.60. The molecular formula is C15H14ClNO2. The van der Waals surface area contributed by atoms with Gasteiger partial charge in [-0.3, -0.25) is 4.98 Å². The minimum atomic E-state index is -0.882. The van der Waals surface area contributed by atoms with Crippen molar-refractivity contribution in [2.24, 2.45) is 0 Å². The number of halogens is 1. The van der Waals surface area contributed by atoms with Crippen molar-refractivity contribution < 1.29 is 9.90 Å². The van der Waals surface area contributed by atoms with E-state index >= 15 is 0 Å². The molecule has 0 aliphatic heterocycles. The first-order valence-corrected chi connectivity index (χ1v) is 6.89. The number of aryl methyl sites for hydroxylation is 1. The van der Waals surface area contributed by atoms with Gasteiger partial charge in [0.25, 0.3) is 0 Å². The summed E-state index contributed by atoms with van der Waals surface area (Å²) in [6, 6.07) is 5.26. The first-order valence-electron chi connectivity index (χ1n) is 6.51. The van der Waals surface area contributed by atoms with Crippen LogP contribution in [0.15, 0.2) is 18.2 Å². The van der Waals surface area contributed by atoms with Crippen LogP contribution in [0.5, 0.6) is 0 Å². The lowest BCUT2D eigenvalue weighted by atomic mass is 9.97. The van der Waals surface area contributed by atoms with Crippen molar-refractivity contribution in [3.05, 3.63) is 40.0 Å². The summed E-state index contributed by atoms with van der Waals surface area (Å²) in [7, 11) is 0. The Bertz CT molecular complexity index is 667. The van der Waals surface area contributed by atoms with Gasteiger partial charge in [0.2, 0.25) is 0 Å². The monoisotopic (exact) mass is 275 g/mol. The van der Waals surface area contributed by atoms with E-state index in [0.29, 0.717) is 16.0 Å². The van der Waals surface area contributed by atoms with E-state index in [1.54, 1.807) is 18.2 Å². The molecule has 3 rings (SSSR count). The number of carboxylic acids is 1. The Labute approximate surface area is 116 Å². The first-order chi connectivity index (χ1) is 9.16. The minimum absolute atomic E-state index is 0.393. The van der Waals surface area contributed by atoms with Gasteiger partial charge < -0.3 is 5.11 Å². The molecule has 1 heterocycles. The van der Waals surface area contributed by atoms with Crippen molar-refractivity contribution in [2.75, 3.05) is 0 Å². The summed E-state index contributed by atoms with van der Waals surface area (Å²) in [4.78, 5) is 16.3. The molecule has 0 amide bonds. The van der Waals surface area contributed by atoms with Gasteiger partial charge in [-0.05, 0) is 49.4 Å². The number of hydrogen-bond donors (Lipinski definition) is 1. The molecule has 0 fully saturated rings. The van der Waals surface area contributed by atoms with Gasteiger partial charge in [0, 0.05) is 16.1 Å². The third kappa shape index (κ3) is 2.19. The van der Waals surface area contributed by atoms with Crippen LogP contribution in [0.3, 0.4) is 0 Å². The number of rotatable bonds is 1. The lowest BCUT2D eigenvalue weighted by Gasteiger charge is -2.12. The second-order valence-electron chi connectivity index (χ2n) is 4.94. The van der Waals surface area contributed by atoms with E-state index in [-0.39, 0.29) is 0 Å². The second kappa shape index (κ2) is 4.82. The maximum atomic E-state index is 11.6. The number of fused-ring (bicyclic) bond motifs is 2. The molecule has 1 aromatic carbocycles. The van der Waals surface area contributed by atoms with Crippen molar-refractivity contribution in [3.8, 4) is 0 Å². The highest BCUT2D eigenvalue weighted by Gasteiger charge is 2.21. The maximum absolute atomic E-state index is 11.6. The van der Waals surface area contributed by atoms with Crippen molar-refractivity contribution in [1.29, 1.82) is 0 Å². The molecular weight excluding hydrogens is 262 g/mol. The summed E-state index contributed by atoms with van der Waals surface area (Å²) in [5, 5.41) is 10.8. The predicted octanol–water partition coefficient (Wildman–Crippen LogP) is 3.86.